The van der Waals surface area contributed by atoms with E-state index in [2.05, 4.69) is 4.40 Å². The summed E-state index contributed by atoms with van der Waals surface area (Å²) in [7, 11) is 0. The summed E-state index contributed by atoms with van der Waals surface area (Å²) in [4.78, 5) is 0. The van der Waals surface area contributed by atoms with Crippen LogP contribution in [-0.4, -0.2) is 15.5 Å². The molecule has 3 heteroatoms. The molecule has 2 saturated carbocycles. The molecule has 3 unspecified atom stereocenters. The van der Waals surface area contributed by atoms with Crippen LogP contribution in [0.2, 0.25) is 0 Å². The number of fused-ring (bicyclic) bond motifs is 1. The third-order valence-electron chi connectivity index (χ3n) is 3.58. The van der Waals surface area contributed by atoms with Crippen molar-refractivity contribution in [2.45, 2.75) is 51.2 Å². The third kappa shape index (κ3) is 2.56. The smallest absolute Gasteiger partial charge is 0.144 e. The van der Waals surface area contributed by atoms with Crippen LogP contribution in [0.4, 0.5) is 0 Å². The highest BCUT2D eigenvalue weighted by Crippen LogP contribution is 2.54. The molecule has 15 heavy (non-hydrogen) atoms. The maximum Gasteiger partial charge on any atom is 0.144 e. The van der Waals surface area contributed by atoms with E-state index in [1.54, 1.807) is 0 Å². The van der Waals surface area contributed by atoms with E-state index in [1.165, 1.54) is 25.7 Å². The zero-order valence-electron chi connectivity index (χ0n) is 9.90. The molecule has 0 N–H and O–H groups in total. The molecule has 2 aliphatic rings. The van der Waals surface area contributed by atoms with Gasteiger partial charge in [-0.15, -0.1) is 0 Å². The van der Waals surface area contributed by atoms with Gasteiger partial charge in [0.25, 0.3) is 0 Å². The minimum Gasteiger partial charge on any atom is -0.591 e. The Hall–Kier alpha value is -0.0200. The lowest BCUT2D eigenvalue weighted by Crippen LogP contribution is -2.25. The van der Waals surface area contributed by atoms with Crippen molar-refractivity contribution < 1.29 is 4.55 Å². The second-order valence-electron chi connectivity index (χ2n) is 5.81. The van der Waals surface area contributed by atoms with Crippen LogP contribution in [0.15, 0.2) is 4.40 Å². The molecule has 2 rings (SSSR count). The molecular weight excluding hydrogens is 206 g/mol. The van der Waals surface area contributed by atoms with Gasteiger partial charge in [-0.25, -0.2) is 0 Å². The maximum atomic E-state index is 11.7. The predicted octanol–water partition coefficient (Wildman–Crippen LogP) is 2.96. The normalized spacial score (nSPS) is 37.7. The molecule has 0 spiro atoms. The van der Waals surface area contributed by atoms with E-state index >= 15 is 0 Å². The van der Waals surface area contributed by atoms with Crippen LogP contribution in [0.3, 0.4) is 0 Å². The Kier molecular flexibility index (Phi) is 3.13. The summed E-state index contributed by atoms with van der Waals surface area (Å²) in [6.45, 7) is 5.92. The molecule has 0 aromatic rings. The predicted molar refractivity (Wildman–Crippen MR) is 65.3 cm³/mol. The Morgan fingerprint density at radius 1 is 1.20 bits per heavy atom. The van der Waals surface area contributed by atoms with Crippen molar-refractivity contribution in [2.75, 3.05) is 0 Å². The highest BCUT2D eigenvalue weighted by atomic mass is 32.2. The first-order chi connectivity index (χ1) is 7.00. The molecule has 0 aromatic heterocycles. The van der Waals surface area contributed by atoms with Crippen molar-refractivity contribution in [1.82, 2.24) is 0 Å². The minimum atomic E-state index is -1.06. The van der Waals surface area contributed by atoms with Crippen molar-refractivity contribution in [2.24, 2.45) is 22.2 Å². The van der Waals surface area contributed by atoms with Gasteiger partial charge in [-0.05, 0) is 45.4 Å². The Morgan fingerprint density at radius 3 is 2.20 bits per heavy atom. The second kappa shape index (κ2) is 4.10. The van der Waals surface area contributed by atoms with Crippen LogP contribution in [0.25, 0.3) is 0 Å². The van der Waals surface area contributed by atoms with Gasteiger partial charge in [-0.3, -0.25) is 0 Å². The number of nitrogens with zero attached hydrogens (tertiary/aromatic N) is 1. The van der Waals surface area contributed by atoms with Gasteiger partial charge in [0.1, 0.15) is 16.1 Å². The lowest BCUT2D eigenvalue weighted by atomic mass is 10.0. The molecule has 0 aromatic carbocycles. The van der Waals surface area contributed by atoms with Gasteiger partial charge in [0.05, 0.1) is 6.21 Å². The van der Waals surface area contributed by atoms with Crippen LogP contribution >= 0.6 is 0 Å². The Bertz CT molecular complexity index is 247. The molecule has 0 saturated heterocycles. The van der Waals surface area contributed by atoms with Crippen molar-refractivity contribution in [3.8, 4) is 0 Å². The average molecular weight is 227 g/mol. The first kappa shape index (κ1) is 11.5. The quantitative estimate of drug-likeness (QED) is 0.527. The van der Waals surface area contributed by atoms with Crippen LogP contribution in [-0.2, 0) is 11.4 Å². The fourth-order valence-corrected chi connectivity index (χ4v) is 3.12. The molecule has 3 atom stereocenters. The van der Waals surface area contributed by atoms with Crippen molar-refractivity contribution in [1.29, 1.82) is 0 Å². The standard InChI is InChI=1S/C12H21NOS/c1-12(2,3)15(14)13-8-11-9-6-4-5-7-10(9)11/h8-11H,4-7H2,1-3H3/b13-8+. The molecule has 2 nitrogen and oxygen atoms in total. The van der Waals surface area contributed by atoms with Crippen LogP contribution in [0.5, 0.6) is 0 Å². The molecule has 0 bridgehead atoms. The van der Waals surface area contributed by atoms with Gasteiger partial charge in [-0.2, -0.15) is 0 Å². The lowest BCUT2D eigenvalue weighted by molar-refractivity contribution is 0.480. The Balaban J connectivity index is 1.85. The zero-order chi connectivity index (χ0) is 11.1. The van der Waals surface area contributed by atoms with E-state index in [-0.39, 0.29) is 4.75 Å². The van der Waals surface area contributed by atoms with Crippen molar-refractivity contribution in [3.63, 3.8) is 0 Å². The van der Waals surface area contributed by atoms with Crippen molar-refractivity contribution in [3.05, 3.63) is 0 Å². The third-order valence-corrected chi connectivity index (χ3v) is 4.94. The number of hydrogen-bond acceptors (Lipinski definition) is 2. The van der Waals surface area contributed by atoms with Gasteiger partial charge >= 0.3 is 0 Å². The van der Waals surface area contributed by atoms with Gasteiger partial charge < -0.3 is 4.55 Å². The van der Waals surface area contributed by atoms with Gasteiger partial charge in [-0.1, -0.05) is 17.2 Å². The summed E-state index contributed by atoms with van der Waals surface area (Å²) in [6, 6.07) is 0. The summed E-state index contributed by atoms with van der Waals surface area (Å²) in [6.07, 6.45) is 7.48. The second-order valence-corrected chi connectivity index (χ2v) is 7.74. The summed E-state index contributed by atoms with van der Waals surface area (Å²) in [5.41, 5.74) is 0. The van der Waals surface area contributed by atoms with E-state index < -0.39 is 11.4 Å². The van der Waals surface area contributed by atoms with E-state index in [0.29, 0.717) is 5.92 Å². The van der Waals surface area contributed by atoms with E-state index in [0.717, 1.165) is 11.8 Å². The van der Waals surface area contributed by atoms with Gasteiger partial charge in [0.2, 0.25) is 0 Å². The molecule has 2 fully saturated rings. The molecule has 0 aliphatic heterocycles. The van der Waals surface area contributed by atoms with E-state index in [4.69, 9.17) is 0 Å². The van der Waals surface area contributed by atoms with Gasteiger partial charge in [0.15, 0.2) is 0 Å². The number of rotatable bonds is 2. The van der Waals surface area contributed by atoms with E-state index in [9.17, 15) is 4.55 Å². The summed E-state index contributed by atoms with van der Waals surface area (Å²) < 4.78 is 15.7. The van der Waals surface area contributed by atoms with Crippen molar-refractivity contribution >= 4 is 17.6 Å². The SMILES string of the molecule is CC(C)(C)[S+]([O-])/N=C/C1C2CCCCC12. The highest BCUT2D eigenvalue weighted by Gasteiger charge is 2.50. The average Bonchev–Trinajstić information content (AvgIpc) is 2.86. The molecule has 0 amide bonds. The maximum absolute atomic E-state index is 11.7. The Labute approximate surface area is 95.9 Å². The first-order valence-corrected chi connectivity index (χ1v) is 7.07. The summed E-state index contributed by atoms with van der Waals surface area (Å²) in [5.74, 6) is 2.40. The molecule has 0 heterocycles. The summed E-state index contributed by atoms with van der Waals surface area (Å²) in [5, 5.41) is 0. The highest BCUT2D eigenvalue weighted by molar-refractivity contribution is 7.91. The van der Waals surface area contributed by atoms with Crippen LogP contribution in [0.1, 0.15) is 46.5 Å². The lowest BCUT2D eigenvalue weighted by Gasteiger charge is -2.17. The number of hydrogen-bond donors (Lipinski definition) is 0. The fraction of sp³-hybridized carbons (Fsp3) is 0.917. The summed E-state index contributed by atoms with van der Waals surface area (Å²) >= 11 is -1.06. The molecule has 2 aliphatic carbocycles. The molecule has 86 valence electrons. The minimum absolute atomic E-state index is 0.212. The molecular formula is C12H21NOS. The van der Waals surface area contributed by atoms with Crippen LogP contribution < -0.4 is 0 Å². The molecule has 0 radical (unpaired) electrons. The zero-order valence-corrected chi connectivity index (χ0v) is 10.7. The largest absolute Gasteiger partial charge is 0.591 e. The monoisotopic (exact) mass is 227 g/mol. The van der Waals surface area contributed by atoms with E-state index in [1.807, 2.05) is 27.0 Å². The Morgan fingerprint density at radius 2 is 1.73 bits per heavy atom. The topological polar surface area (TPSA) is 35.4 Å². The van der Waals surface area contributed by atoms with Gasteiger partial charge in [0, 0.05) is 5.92 Å². The first-order valence-electron chi connectivity index (χ1n) is 5.96. The van der Waals surface area contributed by atoms with Crippen LogP contribution in [0, 0.1) is 17.8 Å². The fourth-order valence-electron chi connectivity index (χ4n) is 2.55.